The quantitative estimate of drug-likeness (QED) is 0.654. The Labute approximate surface area is 121 Å². The molecule has 1 amide bonds. The predicted molar refractivity (Wildman–Crippen MR) is 76.2 cm³/mol. The van der Waals surface area contributed by atoms with Crippen LogP contribution in [0.25, 0.3) is 0 Å². The first kappa shape index (κ1) is 15.0. The lowest BCUT2D eigenvalue weighted by Crippen LogP contribution is -2.36. The van der Waals surface area contributed by atoms with Gasteiger partial charge in [0.15, 0.2) is 0 Å². The average Bonchev–Trinajstić information content (AvgIpc) is 2.85. The van der Waals surface area contributed by atoms with Crippen LogP contribution in [0.3, 0.4) is 0 Å². The maximum Gasteiger partial charge on any atom is 0.411 e. The fourth-order valence-electron chi connectivity index (χ4n) is 2.20. The topological polar surface area (TPSA) is 96.2 Å². The van der Waals surface area contributed by atoms with E-state index >= 15 is 0 Å². The van der Waals surface area contributed by atoms with Gasteiger partial charge in [-0.05, 0) is 14.1 Å². The Morgan fingerprint density at radius 1 is 1.43 bits per heavy atom. The Kier molecular flexibility index (Phi) is 4.27. The highest BCUT2D eigenvalue weighted by molar-refractivity contribution is 5.89. The van der Waals surface area contributed by atoms with Crippen molar-refractivity contribution in [3.8, 4) is 5.75 Å². The smallest absolute Gasteiger partial charge is 0.411 e. The van der Waals surface area contributed by atoms with Crippen molar-refractivity contribution in [3.63, 3.8) is 0 Å². The van der Waals surface area contributed by atoms with Crippen LogP contribution in [0.15, 0.2) is 12.1 Å². The zero-order chi connectivity index (χ0) is 15.6. The summed E-state index contributed by atoms with van der Waals surface area (Å²) in [5.41, 5.74) is 0.798. The number of anilines is 1. The first-order valence-corrected chi connectivity index (χ1v) is 6.49. The van der Waals surface area contributed by atoms with E-state index in [-0.39, 0.29) is 17.9 Å². The minimum absolute atomic E-state index is 0.120. The molecule has 0 bridgehead atoms. The molecule has 114 valence electrons. The normalized spacial score (nSPS) is 12.9. The number of rotatable bonds is 5. The van der Waals surface area contributed by atoms with E-state index in [2.05, 4.69) is 0 Å². The van der Waals surface area contributed by atoms with Crippen molar-refractivity contribution >= 4 is 17.5 Å². The third kappa shape index (κ3) is 3.22. The summed E-state index contributed by atoms with van der Waals surface area (Å²) in [6.07, 6.45) is -0.611. The second-order valence-electron chi connectivity index (χ2n) is 5.05. The van der Waals surface area contributed by atoms with Crippen molar-refractivity contribution in [1.82, 2.24) is 4.90 Å². The maximum absolute atomic E-state index is 11.5. The Hall–Kier alpha value is -2.35. The van der Waals surface area contributed by atoms with Crippen molar-refractivity contribution in [2.24, 2.45) is 0 Å². The molecule has 21 heavy (non-hydrogen) atoms. The van der Waals surface area contributed by atoms with Crippen LogP contribution in [-0.2, 0) is 6.42 Å². The number of nitro groups is 1. The van der Waals surface area contributed by atoms with Crippen LogP contribution in [0.2, 0.25) is 0 Å². The molecule has 1 aromatic carbocycles. The molecular formula is C13H17N3O5. The van der Waals surface area contributed by atoms with Gasteiger partial charge in [0.1, 0.15) is 5.75 Å². The summed E-state index contributed by atoms with van der Waals surface area (Å²) in [5.74, 6) is 0.432. The number of hydrogen-bond donors (Lipinski definition) is 1. The Bertz CT molecular complexity index is 573. The van der Waals surface area contributed by atoms with E-state index in [0.29, 0.717) is 30.9 Å². The molecule has 1 aromatic rings. The highest BCUT2D eigenvalue weighted by Gasteiger charge is 2.27. The summed E-state index contributed by atoms with van der Waals surface area (Å²) in [6.45, 7) is 1.12. The van der Waals surface area contributed by atoms with Gasteiger partial charge in [-0.25, -0.2) is 4.79 Å². The molecule has 0 saturated heterocycles. The molecule has 0 spiro atoms. The number of nitrogens with zero attached hydrogens (tertiary/aromatic N) is 3. The van der Waals surface area contributed by atoms with Gasteiger partial charge >= 0.3 is 6.09 Å². The Balaban J connectivity index is 2.43. The van der Waals surface area contributed by atoms with Crippen LogP contribution >= 0.6 is 0 Å². The largest absolute Gasteiger partial charge is 0.491 e. The second kappa shape index (κ2) is 5.96. The molecule has 0 unspecified atom stereocenters. The van der Waals surface area contributed by atoms with Gasteiger partial charge in [0.2, 0.25) is 0 Å². The molecular weight excluding hydrogens is 278 g/mol. The molecule has 0 aliphatic carbocycles. The van der Waals surface area contributed by atoms with Crippen LogP contribution in [-0.4, -0.2) is 54.8 Å². The molecule has 8 nitrogen and oxygen atoms in total. The number of carboxylic acid groups (broad SMARTS) is 1. The van der Waals surface area contributed by atoms with E-state index in [1.807, 2.05) is 19.0 Å². The van der Waals surface area contributed by atoms with Crippen molar-refractivity contribution in [2.75, 3.05) is 38.7 Å². The molecule has 2 rings (SSSR count). The van der Waals surface area contributed by atoms with Crippen LogP contribution in [0.1, 0.15) is 5.56 Å². The minimum atomic E-state index is -1.16. The zero-order valence-electron chi connectivity index (χ0n) is 11.9. The Morgan fingerprint density at radius 2 is 2.14 bits per heavy atom. The SMILES string of the molecule is CN(C)CCN(C(=O)O)c1cc([N+](=O)[O-])cc2c1OCC2. The average molecular weight is 295 g/mol. The van der Waals surface area contributed by atoms with Crippen LogP contribution in [0, 0.1) is 10.1 Å². The van der Waals surface area contributed by atoms with Crippen LogP contribution in [0.5, 0.6) is 5.75 Å². The van der Waals surface area contributed by atoms with E-state index in [4.69, 9.17) is 4.74 Å². The third-order valence-electron chi connectivity index (χ3n) is 3.25. The highest BCUT2D eigenvalue weighted by atomic mass is 16.6. The molecule has 0 aromatic heterocycles. The van der Waals surface area contributed by atoms with Crippen molar-refractivity contribution in [3.05, 3.63) is 27.8 Å². The highest BCUT2D eigenvalue weighted by Crippen LogP contribution is 2.39. The predicted octanol–water partition coefficient (Wildman–Crippen LogP) is 1.58. The van der Waals surface area contributed by atoms with E-state index in [1.54, 1.807) is 0 Å². The van der Waals surface area contributed by atoms with Crippen molar-refractivity contribution < 1.29 is 19.6 Å². The monoisotopic (exact) mass is 295 g/mol. The third-order valence-corrected chi connectivity index (χ3v) is 3.25. The van der Waals surface area contributed by atoms with E-state index in [0.717, 1.165) is 4.90 Å². The molecule has 1 aliphatic heterocycles. The number of amides is 1. The van der Waals surface area contributed by atoms with E-state index in [1.165, 1.54) is 12.1 Å². The fraction of sp³-hybridized carbons (Fsp3) is 0.462. The molecule has 1 aliphatic rings. The summed E-state index contributed by atoms with van der Waals surface area (Å²) < 4.78 is 5.46. The lowest BCUT2D eigenvalue weighted by molar-refractivity contribution is -0.384. The van der Waals surface area contributed by atoms with Gasteiger partial charge in [-0.1, -0.05) is 0 Å². The first-order chi connectivity index (χ1) is 9.90. The fourth-order valence-corrected chi connectivity index (χ4v) is 2.20. The summed E-state index contributed by atoms with van der Waals surface area (Å²) in [5, 5.41) is 20.4. The van der Waals surface area contributed by atoms with Gasteiger partial charge in [-0.15, -0.1) is 0 Å². The summed E-state index contributed by atoms with van der Waals surface area (Å²) in [4.78, 5) is 24.9. The number of fused-ring (bicyclic) bond motifs is 1. The molecule has 0 radical (unpaired) electrons. The van der Waals surface area contributed by atoms with Gasteiger partial charge in [0, 0.05) is 37.2 Å². The number of nitro benzene ring substituents is 1. The standard InChI is InChI=1S/C13H17N3O5/c1-14(2)4-5-15(13(17)18)11-8-10(16(19)20)7-9-3-6-21-12(9)11/h7-8H,3-6H2,1-2H3,(H,17,18). The molecule has 0 saturated carbocycles. The molecule has 1 N–H and O–H groups in total. The number of carbonyl (C=O) groups is 1. The van der Waals surface area contributed by atoms with Gasteiger partial charge in [-0.2, -0.15) is 0 Å². The van der Waals surface area contributed by atoms with Gasteiger partial charge < -0.3 is 14.7 Å². The number of likely N-dealkylation sites (N-methyl/N-ethyl adjacent to an activating group) is 1. The lowest BCUT2D eigenvalue weighted by atomic mass is 10.1. The number of benzene rings is 1. The second-order valence-corrected chi connectivity index (χ2v) is 5.05. The van der Waals surface area contributed by atoms with Gasteiger partial charge in [0.25, 0.3) is 5.69 Å². The minimum Gasteiger partial charge on any atom is -0.491 e. The number of ether oxygens (including phenoxy) is 1. The molecule has 1 heterocycles. The number of non-ortho nitro benzene ring substituents is 1. The van der Waals surface area contributed by atoms with Crippen molar-refractivity contribution in [2.45, 2.75) is 6.42 Å². The summed E-state index contributed by atoms with van der Waals surface area (Å²) in [6, 6.07) is 2.70. The van der Waals surface area contributed by atoms with E-state index < -0.39 is 11.0 Å². The Morgan fingerprint density at radius 3 is 2.71 bits per heavy atom. The molecule has 0 fully saturated rings. The van der Waals surface area contributed by atoms with Crippen LogP contribution in [0.4, 0.5) is 16.2 Å². The summed E-state index contributed by atoms with van der Waals surface area (Å²) in [7, 11) is 3.66. The molecule has 8 heteroatoms. The maximum atomic E-state index is 11.5. The lowest BCUT2D eigenvalue weighted by Gasteiger charge is -2.23. The first-order valence-electron chi connectivity index (χ1n) is 6.49. The van der Waals surface area contributed by atoms with E-state index in [9.17, 15) is 20.0 Å². The number of hydrogen-bond acceptors (Lipinski definition) is 5. The summed E-state index contributed by atoms with van der Waals surface area (Å²) >= 11 is 0. The van der Waals surface area contributed by atoms with Gasteiger partial charge in [0.05, 0.1) is 17.2 Å². The zero-order valence-corrected chi connectivity index (χ0v) is 11.9. The van der Waals surface area contributed by atoms with Gasteiger partial charge in [-0.3, -0.25) is 15.0 Å². The van der Waals surface area contributed by atoms with Crippen LogP contribution < -0.4 is 9.64 Å². The van der Waals surface area contributed by atoms with Crippen molar-refractivity contribution in [1.29, 1.82) is 0 Å². The molecule has 0 atom stereocenters.